The molecule has 1 aromatic carbocycles. The summed E-state index contributed by atoms with van der Waals surface area (Å²) in [6, 6.07) is 6.93. The predicted octanol–water partition coefficient (Wildman–Crippen LogP) is 2.99. The van der Waals surface area contributed by atoms with E-state index in [-0.39, 0.29) is 11.7 Å². The summed E-state index contributed by atoms with van der Waals surface area (Å²) in [5.74, 6) is -0.189. The van der Waals surface area contributed by atoms with E-state index in [1.165, 1.54) is 4.90 Å². The third-order valence-corrected chi connectivity index (χ3v) is 3.06. The number of allylic oxidation sites excluding steroid dienone is 1. The van der Waals surface area contributed by atoms with E-state index in [9.17, 15) is 9.59 Å². The van der Waals surface area contributed by atoms with Gasteiger partial charge in [-0.1, -0.05) is 35.4 Å². The summed E-state index contributed by atoms with van der Waals surface area (Å²) in [5, 5.41) is 0. The van der Waals surface area contributed by atoms with Crippen LogP contribution < -0.4 is 0 Å². The molecule has 0 fully saturated rings. The molecule has 1 atom stereocenters. The van der Waals surface area contributed by atoms with Gasteiger partial charge in [-0.05, 0) is 27.7 Å². The van der Waals surface area contributed by atoms with Gasteiger partial charge in [-0.2, -0.15) is 0 Å². The number of rotatable bonds is 4. The first-order valence-corrected chi connectivity index (χ1v) is 6.35. The number of benzene rings is 1. The molecule has 19 heavy (non-hydrogen) atoms. The van der Waals surface area contributed by atoms with Crippen LogP contribution in [-0.4, -0.2) is 29.7 Å². The van der Waals surface area contributed by atoms with Gasteiger partial charge in [0.05, 0.1) is 6.04 Å². The molecule has 3 nitrogen and oxygen atoms in total. The lowest BCUT2D eigenvalue weighted by Crippen LogP contribution is -2.39. The fourth-order valence-electron chi connectivity index (χ4n) is 1.67. The van der Waals surface area contributed by atoms with Gasteiger partial charge in [0.2, 0.25) is 5.91 Å². The van der Waals surface area contributed by atoms with Crippen LogP contribution in [0, 0.1) is 6.92 Å². The number of carbonyl (C=O) groups is 2. The fourth-order valence-corrected chi connectivity index (χ4v) is 1.67. The van der Waals surface area contributed by atoms with Gasteiger partial charge in [0.15, 0.2) is 5.78 Å². The summed E-state index contributed by atoms with van der Waals surface area (Å²) < 4.78 is 0. The van der Waals surface area contributed by atoms with Gasteiger partial charge < -0.3 is 4.90 Å². The highest BCUT2D eigenvalue weighted by Crippen LogP contribution is 2.10. The number of ketones is 1. The summed E-state index contributed by atoms with van der Waals surface area (Å²) in [5.41, 5.74) is 2.67. The Labute approximate surface area is 114 Å². The van der Waals surface area contributed by atoms with E-state index in [1.54, 1.807) is 32.2 Å². The van der Waals surface area contributed by atoms with Crippen molar-refractivity contribution < 1.29 is 9.59 Å². The summed E-state index contributed by atoms with van der Waals surface area (Å²) in [7, 11) is 1.65. The van der Waals surface area contributed by atoms with E-state index in [4.69, 9.17) is 0 Å². The fraction of sp³-hybridized carbons (Fsp3) is 0.375. The molecule has 0 heterocycles. The van der Waals surface area contributed by atoms with E-state index < -0.39 is 6.04 Å². The summed E-state index contributed by atoms with van der Waals surface area (Å²) >= 11 is 0. The first-order chi connectivity index (χ1) is 8.82. The van der Waals surface area contributed by atoms with Crippen molar-refractivity contribution in [1.29, 1.82) is 0 Å². The maximum absolute atomic E-state index is 12.3. The van der Waals surface area contributed by atoms with Crippen LogP contribution in [0.4, 0.5) is 0 Å². The maximum Gasteiger partial charge on any atom is 0.246 e. The van der Waals surface area contributed by atoms with Crippen molar-refractivity contribution in [3.8, 4) is 0 Å². The second kappa shape index (κ2) is 6.32. The molecule has 0 N–H and O–H groups in total. The largest absolute Gasteiger partial charge is 0.332 e. The molecular weight excluding hydrogens is 238 g/mol. The zero-order chi connectivity index (χ0) is 14.6. The predicted molar refractivity (Wildman–Crippen MR) is 77.2 cm³/mol. The second-order valence-electron chi connectivity index (χ2n) is 5.08. The highest BCUT2D eigenvalue weighted by atomic mass is 16.2. The van der Waals surface area contributed by atoms with Crippen molar-refractivity contribution in [2.45, 2.75) is 33.7 Å². The topological polar surface area (TPSA) is 37.4 Å². The number of carbonyl (C=O) groups excluding carboxylic acids is 2. The number of aryl methyl sites for hydroxylation is 1. The zero-order valence-electron chi connectivity index (χ0n) is 12.2. The van der Waals surface area contributed by atoms with Gasteiger partial charge in [-0.15, -0.1) is 0 Å². The number of nitrogens with zero attached hydrogens (tertiary/aromatic N) is 1. The Morgan fingerprint density at radius 1 is 1.16 bits per heavy atom. The molecule has 1 rings (SSSR count). The van der Waals surface area contributed by atoms with Crippen LogP contribution in [0.1, 0.15) is 36.7 Å². The van der Waals surface area contributed by atoms with Crippen LogP contribution >= 0.6 is 0 Å². The first-order valence-electron chi connectivity index (χ1n) is 6.35. The highest BCUT2D eigenvalue weighted by Gasteiger charge is 2.22. The standard InChI is InChI=1S/C16H21NO2/c1-11(2)10-15(18)17(5)13(4)16(19)14-8-6-12(3)7-9-14/h6-10,13H,1-5H3. The quantitative estimate of drug-likeness (QED) is 0.615. The summed E-state index contributed by atoms with van der Waals surface area (Å²) in [6.45, 7) is 7.44. The second-order valence-corrected chi connectivity index (χ2v) is 5.08. The molecule has 0 aliphatic heterocycles. The summed E-state index contributed by atoms with van der Waals surface area (Å²) in [4.78, 5) is 25.6. The van der Waals surface area contributed by atoms with E-state index >= 15 is 0 Å². The minimum absolute atomic E-state index is 0.0435. The molecule has 1 aromatic rings. The van der Waals surface area contributed by atoms with Gasteiger partial charge in [-0.3, -0.25) is 9.59 Å². The Bertz CT molecular complexity index is 496. The third kappa shape index (κ3) is 4.05. The van der Waals surface area contributed by atoms with Crippen molar-refractivity contribution in [2.75, 3.05) is 7.05 Å². The van der Waals surface area contributed by atoms with Crippen LogP contribution in [0.2, 0.25) is 0 Å². The Morgan fingerprint density at radius 3 is 2.16 bits per heavy atom. The Kier molecular flexibility index (Phi) is 5.04. The van der Waals surface area contributed by atoms with Crippen molar-refractivity contribution in [3.63, 3.8) is 0 Å². The van der Waals surface area contributed by atoms with Crippen molar-refractivity contribution >= 4 is 11.7 Å². The SMILES string of the molecule is CC(C)=CC(=O)N(C)C(C)C(=O)c1ccc(C)cc1. The Hall–Kier alpha value is -1.90. The van der Waals surface area contributed by atoms with Gasteiger partial charge in [-0.25, -0.2) is 0 Å². The van der Waals surface area contributed by atoms with Crippen LogP contribution in [-0.2, 0) is 4.79 Å². The lowest BCUT2D eigenvalue weighted by Gasteiger charge is -2.22. The van der Waals surface area contributed by atoms with Crippen LogP contribution in [0.15, 0.2) is 35.9 Å². The molecule has 3 heteroatoms. The highest BCUT2D eigenvalue weighted by molar-refractivity contribution is 6.02. The summed E-state index contributed by atoms with van der Waals surface area (Å²) in [6.07, 6.45) is 1.54. The molecule has 1 amide bonds. The van der Waals surface area contributed by atoms with Crippen LogP contribution in [0.3, 0.4) is 0 Å². The molecule has 102 valence electrons. The Balaban J connectivity index is 2.85. The van der Waals surface area contributed by atoms with Crippen molar-refractivity contribution in [1.82, 2.24) is 4.90 Å². The smallest absolute Gasteiger partial charge is 0.246 e. The molecule has 1 unspecified atom stereocenters. The van der Waals surface area contributed by atoms with Gasteiger partial charge in [0.25, 0.3) is 0 Å². The molecule has 0 spiro atoms. The van der Waals surface area contributed by atoms with Crippen molar-refractivity contribution in [3.05, 3.63) is 47.0 Å². The molecule has 0 aliphatic carbocycles. The van der Waals surface area contributed by atoms with E-state index in [2.05, 4.69) is 0 Å². The molecular formula is C16H21NO2. The molecule has 0 saturated heterocycles. The van der Waals surface area contributed by atoms with E-state index in [1.807, 2.05) is 32.9 Å². The normalized spacial score (nSPS) is 11.6. The van der Waals surface area contributed by atoms with E-state index in [0.29, 0.717) is 5.56 Å². The van der Waals surface area contributed by atoms with Crippen molar-refractivity contribution in [2.24, 2.45) is 0 Å². The molecule has 0 saturated carbocycles. The minimum atomic E-state index is -0.467. The lowest BCUT2D eigenvalue weighted by molar-refractivity contribution is -0.125. The molecule has 0 aromatic heterocycles. The Morgan fingerprint density at radius 2 is 1.68 bits per heavy atom. The van der Waals surface area contributed by atoms with Gasteiger partial charge in [0.1, 0.15) is 0 Å². The molecule has 0 bridgehead atoms. The lowest BCUT2D eigenvalue weighted by atomic mass is 10.0. The average Bonchev–Trinajstić information content (AvgIpc) is 2.36. The number of likely N-dealkylation sites (N-methyl/N-ethyl adjacent to an activating group) is 1. The minimum Gasteiger partial charge on any atom is -0.332 e. The van der Waals surface area contributed by atoms with Gasteiger partial charge in [0, 0.05) is 18.7 Å². The first kappa shape index (κ1) is 15.2. The maximum atomic E-state index is 12.3. The number of Topliss-reactive ketones (excluding diaryl/α,β-unsaturated/α-hetero) is 1. The van der Waals surface area contributed by atoms with Gasteiger partial charge >= 0.3 is 0 Å². The average molecular weight is 259 g/mol. The number of hydrogen-bond acceptors (Lipinski definition) is 2. The molecule has 0 aliphatic rings. The van der Waals surface area contributed by atoms with Crippen LogP contribution in [0.25, 0.3) is 0 Å². The number of hydrogen-bond donors (Lipinski definition) is 0. The number of amides is 1. The zero-order valence-corrected chi connectivity index (χ0v) is 12.2. The monoisotopic (exact) mass is 259 g/mol. The van der Waals surface area contributed by atoms with Crippen LogP contribution in [0.5, 0.6) is 0 Å². The third-order valence-electron chi connectivity index (χ3n) is 3.06. The van der Waals surface area contributed by atoms with E-state index in [0.717, 1.165) is 11.1 Å². The molecule has 0 radical (unpaired) electrons.